The van der Waals surface area contributed by atoms with Gasteiger partial charge >= 0.3 is 0 Å². The second-order valence-corrected chi connectivity index (χ2v) is 9.57. The van der Waals surface area contributed by atoms with Crippen molar-refractivity contribution in [1.82, 2.24) is 0 Å². The number of hydrogen-bond donors (Lipinski definition) is 1. The molecule has 176 valence electrons. The first-order valence-electron chi connectivity index (χ1n) is 12.5. The van der Waals surface area contributed by atoms with Crippen LogP contribution in [0, 0.1) is 5.92 Å². The number of anilines is 1. The van der Waals surface area contributed by atoms with Gasteiger partial charge in [0.1, 0.15) is 5.75 Å². The topological polar surface area (TPSA) is 49.8 Å². The fourth-order valence-electron chi connectivity index (χ4n) is 5.77. The summed E-state index contributed by atoms with van der Waals surface area (Å²) in [6.07, 6.45) is 5.70. The molecular formula is C30H33NO3. The molecule has 3 aromatic carbocycles. The molecule has 0 bridgehead atoms. The summed E-state index contributed by atoms with van der Waals surface area (Å²) in [5.74, 6) is 1.54. The van der Waals surface area contributed by atoms with Crippen molar-refractivity contribution in [3.05, 3.63) is 83.9 Å². The SMILES string of the molecule is COc1ccccc1N1CCC(CCCCC(=O)C2(O)c3ccccc3-c3ccccc32)CC1. The second-order valence-electron chi connectivity index (χ2n) is 9.57. The van der Waals surface area contributed by atoms with Crippen molar-refractivity contribution < 1.29 is 14.6 Å². The number of ether oxygens (including phenoxy) is 1. The molecule has 34 heavy (non-hydrogen) atoms. The van der Waals surface area contributed by atoms with Crippen LogP contribution in [0.3, 0.4) is 0 Å². The van der Waals surface area contributed by atoms with Gasteiger partial charge in [0.25, 0.3) is 0 Å². The van der Waals surface area contributed by atoms with Crippen molar-refractivity contribution in [1.29, 1.82) is 0 Å². The third-order valence-corrected chi connectivity index (χ3v) is 7.63. The molecule has 0 atom stereocenters. The van der Waals surface area contributed by atoms with E-state index in [0.717, 1.165) is 73.2 Å². The molecule has 1 aliphatic carbocycles. The van der Waals surface area contributed by atoms with Gasteiger partial charge in [-0.3, -0.25) is 4.79 Å². The van der Waals surface area contributed by atoms with Crippen LogP contribution < -0.4 is 9.64 Å². The van der Waals surface area contributed by atoms with Crippen molar-refractivity contribution in [2.45, 2.75) is 44.1 Å². The summed E-state index contributed by atoms with van der Waals surface area (Å²) in [6, 6.07) is 23.7. The molecule has 0 aromatic heterocycles. The molecule has 1 fully saturated rings. The number of benzene rings is 3. The number of carbonyl (C=O) groups excluding carboxylic acids is 1. The second kappa shape index (κ2) is 9.63. The Morgan fingerprint density at radius 1 is 0.912 bits per heavy atom. The van der Waals surface area contributed by atoms with Crippen LogP contribution in [0.5, 0.6) is 5.75 Å². The summed E-state index contributed by atoms with van der Waals surface area (Å²) < 4.78 is 5.53. The molecule has 0 radical (unpaired) electrons. The van der Waals surface area contributed by atoms with Gasteiger partial charge in [0.15, 0.2) is 11.4 Å². The highest BCUT2D eigenvalue weighted by Crippen LogP contribution is 2.48. The van der Waals surface area contributed by atoms with E-state index in [-0.39, 0.29) is 5.78 Å². The summed E-state index contributed by atoms with van der Waals surface area (Å²) in [4.78, 5) is 15.8. The number of unbranched alkanes of at least 4 members (excludes halogenated alkanes) is 1. The normalized spacial score (nSPS) is 16.7. The molecule has 1 heterocycles. The monoisotopic (exact) mass is 455 g/mol. The maximum atomic E-state index is 13.3. The van der Waals surface area contributed by atoms with E-state index < -0.39 is 5.60 Å². The molecule has 2 aliphatic rings. The lowest BCUT2D eigenvalue weighted by Gasteiger charge is -2.34. The van der Waals surface area contributed by atoms with E-state index in [9.17, 15) is 9.90 Å². The van der Waals surface area contributed by atoms with Gasteiger partial charge in [-0.2, -0.15) is 0 Å². The third-order valence-electron chi connectivity index (χ3n) is 7.63. The van der Waals surface area contributed by atoms with Crippen LogP contribution in [0.25, 0.3) is 11.1 Å². The number of carbonyl (C=O) groups is 1. The minimum Gasteiger partial charge on any atom is -0.495 e. The lowest BCUT2D eigenvalue weighted by atomic mass is 9.84. The smallest absolute Gasteiger partial charge is 0.174 e. The van der Waals surface area contributed by atoms with E-state index in [1.54, 1.807) is 7.11 Å². The van der Waals surface area contributed by atoms with Gasteiger partial charge in [0.05, 0.1) is 12.8 Å². The number of Topliss-reactive ketones (excluding diaryl/α,β-unsaturated/α-hetero) is 1. The van der Waals surface area contributed by atoms with Gasteiger partial charge in [-0.05, 0) is 48.4 Å². The number of aliphatic hydroxyl groups is 1. The van der Waals surface area contributed by atoms with Crippen molar-refractivity contribution in [2.24, 2.45) is 5.92 Å². The highest BCUT2D eigenvalue weighted by Gasteiger charge is 2.46. The minimum atomic E-state index is -1.52. The molecule has 5 rings (SSSR count). The summed E-state index contributed by atoms with van der Waals surface area (Å²) in [5, 5.41) is 11.6. The zero-order valence-electron chi connectivity index (χ0n) is 19.9. The number of rotatable bonds is 8. The van der Waals surface area contributed by atoms with Gasteiger partial charge in [0.2, 0.25) is 0 Å². The molecule has 1 N–H and O–H groups in total. The first-order valence-corrected chi connectivity index (χ1v) is 12.5. The van der Waals surface area contributed by atoms with Crippen LogP contribution in [0.1, 0.15) is 49.7 Å². The zero-order chi connectivity index (χ0) is 23.5. The van der Waals surface area contributed by atoms with Crippen molar-refractivity contribution in [3.63, 3.8) is 0 Å². The van der Waals surface area contributed by atoms with Gasteiger partial charge in [-0.1, -0.05) is 73.5 Å². The average Bonchev–Trinajstić information content (AvgIpc) is 3.16. The Balaban J connectivity index is 1.15. The molecule has 1 saturated heterocycles. The highest BCUT2D eigenvalue weighted by molar-refractivity contribution is 5.99. The molecule has 0 spiro atoms. The maximum absolute atomic E-state index is 13.3. The molecule has 0 amide bonds. The predicted octanol–water partition coefficient (Wildman–Crippen LogP) is 5.96. The van der Waals surface area contributed by atoms with Crippen molar-refractivity contribution >= 4 is 11.5 Å². The number of hydrogen-bond acceptors (Lipinski definition) is 4. The maximum Gasteiger partial charge on any atom is 0.174 e. The Hall–Kier alpha value is -3.11. The Labute approximate surface area is 202 Å². The number of nitrogens with zero attached hydrogens (tertiary/aromatic N) is 1. The standard InChI is InChI=1S/C30H33NO3/c1-34-28-16-8-7-15-27(28)31-20-18-22(19-21-31)10-2-9-17-29(32)30(33)25-13-5-3-11-23(25)24-12-4-6-14-26(24)30/h3-8,11-16,22,33H,2,9-10,17-21H2,1H3. The van der Waals surface area contributed by atoms with Crippen molar-refractivity contribution in [2.75, 3.05) is 25.1 Å². The number of piperidine rings is 1. The average molecular weight is 456 g/mol. The van der Waals surface area contributed by atoms with E-state index in [4.69, 9.17) is 4.74 Å². The lowest BCUT2D eigenvalue weighted by molar-refractivity contribution is -0.134. The number of fused-ring (bicyclic) bond motifs is 3. The van der Waals surface area contributed by atoms with E-state index in [1.807, 2.05) is 60.7 Å². The lowest BCUT2D eigenvalue weighted by Crippen LogP contribution is -2.35. The zero-order valence-corrected chi connectivity index (χ0v) is 19.9. The van der Waals surface area contributed by atoms with Gasteiger partial charge in [-0.15, -0.1) is 0 Å². The van der Waals surface area contributed by atoms with Crippen molar-refractivity contribution in [3.8, 4) is 16.9 Å². The van der Waals surface area contributed by atoms with E-state index in [2.05, 4.69) is 17.0 Å². The fraction of sp³-hybridized carbons (Fsp3) is 0.367. The first-order chi connectivity index (χ1) is 16.6. The highest BCUT2D eigenvalue weighted by atomic mass is 16.5. The van der Waals surface area contributed by atoms with Crippen LogP contribution in [0.2, 0.25) is 0 Å². The van der Waals surface area contributed by atoms with Crippen LogP contribution >= 0.6 is 0 Å². The van der Waals surface area contributed by atoms with Crippen LogP contribution in [0.4, 0.5) is 5.69 Å². The molecule has 4 heteroatoms. The minimum absolute atomic E-state index is 0.0871. The largest absolute Gasteiger partial charge is 0.495 e. The molecule has 0 saturated carbocycles. The first kappa shape index (κ1) is 22.7. The number of methoxy groups -OCH3 is 1. The predicted molar refractivity (Wildman–Crippen MR) is 136 cm³/mol. The van der Waals surface area contributed by atoms with Gasteiger partial charge in [0, 0.05) is 30.6 Å². The summed E-state index contributed by atoms with van der Waals surface area (Å²) in [6.45, 7) is 2.08. The Kier molecular flexibility index (Phi) is 6.42. The molecule has 3 aromatic rings. The van der Waals surface area contributed by atoms with Crippen LogP contribution in [0.15, 0.2) is 72.8 Å². The molecular weight excluding hydrogens is 422 g/mol. The molecule has 0 unspecified atom stereocenters. The van der Waals surface area contributed by atoms with Crippen LogP contribution in [-0.2, 0) is 10.4 Å². The Morgan fingerprint density at radius 3 is 2.15 bits per heavy atom. The quantitative estimate of drug-likeness (QED) is 0.426. The number of para-hydroxylation sites is 2. The Bertz CT molecular complexity index is 1120. The van der Waals surface area contributed by atoms with E-state index in [0.29, 0.717) is 12.3 Å². The van der Waals surface area contributed by atoms with Gasteiger partial charge in [-0.25, -0.2) is 0 Å². The Morgan fingerprint density at radius 2 is 1.50 bits per heavy atom. The summed E-state index contributed by atoms with van der Waals surface area (Å²) in [7, 11) is 1.73. The summed E-state index contributed by atoms with van der Waals surface area (Å²) in [5.41, 5.74) is 3.05. The number of ketones is 1. The third kappa shape index (κ3) is 4.01. The molecule has 4 nitrogen and oxygen atoms in total. The molecule has 1 aliphatic heterocycles. The fourth-order valence-corrected chi connectivity index (χ4v) is 5.77. The van der Waals surface area contributed by atoms with Crippen LogP contribution in [-0.4, -0.2) is 31.1 Å². The summed E-state index contributed by atoms with van der Waals surface area (Å²) >= 11 is 0. The van der Waals surface area contributed by atoms with Gasteiger partial charge < -0.3 is 14.7 Å². The van der Waals surface area contributed by atoms with E-state index >= 15 is 0 Å². The van der Waals surface area contributed by atoms with E-state index in [1.165, 1.54) is 5.69 Å².